The SMILES string of the molecule is Cc1ccc2nc(C)sc2c(=O)n1. The molecule has 0 unspecified atom stereocenters. The summed E-state index contributed by atoms with van der Waals surface area (Å²) >= 11 is 1.39. The van der Waals surface area contributed by atoms with Gasteiger partial charge in [-0.1, -0.05) is 0 Å². The van der Waals surface area contributed by atoms with E-state index in [2.05, 4.69) is 9.97 Å². The zero-order valence-electron chi connectivity index (χ0n) is 7.37. The fourth-order valence-corrected chi connectivity index (χ4v) is 1.95. The van der Waals surface area contributed by atoms with Crippen LogP contribution in [-0.2, 0) is 0 Å². The van der Waals surface area contributed by atoms with Crippen LogP contribution in [-0.4, -0.2) is 9.97 Å². The van der Waals surface area contributed by atoms with E-state index in [0.717, 1.165) is 16.2 Å². The van der Waals surface area contributed by atoms with E-state index in [1.165, 1.54) is 11.3 Å². The molecule has 0 bridgehead atoms. The molecule has 0 spiro atoms. The van der Waals surface area contributed by atoms with Gasteiger partial charge in [-0.05, 0) is 26.0 Å². The van der Waals surface area contributed by atoms with Gasteiger partial charge < -0.3 is 0 Å². The maximum absolute atomic E-state index is 11.5. The molecule has 0 N–H and O–H groups in total. The van der Waals surface area contributed by atoms with E-state index in [1.807, 2.05) is 19.1 Å². The average molecular weight is 192 g/mol. The zero-order valence-corrected chi connectivity index (χ0v) is 8.18. The molecule has 0 saturated heterocycles. The smallest absolute Gasteiger partial charge is 0.266 e. The quantitative estimate of drug-likeness (QED) is 0.637. The highest BCUT2D eigenvalue weighted by molar-refractivity contribution is 7.18. The number of aromatic nitrogens is 2. The average Bonchev–Trinajstić information content (AvgIpc) is 2.38. The van der Waals surface area contributed by atoms with Crippen LogP contribution in [0.25, 0.3) is 10.2 Å². The summed E-state index contributed by atoms with van der Waals surface area (Å²) in [6.07, 6.45) is 0. The molecule has 2 aromatic rings. The predicted octanol–water partition coefficient (Wildman–Crippen LogP) is 1.67. The summed E-state index contributed by atoms with van der Waals surface area (Å²) in [7, 11) is 0. The number of hydrogen-bond acceptors (Lipinski definition) is 4. The standard InChI is InChI=1S/C9H8N2OS/c1-5-3-4-7-8(9(12)10-5)13-6(2)11-7/h3-4H,1-2H3. The van der Waals surface area contributed by atoms with Crippen molar-refractivity contribution in [3.63, 3.8) is 0 Å². The first-order chi connectivity index (χ1) is 6.16. The summed E-state index contributed by atoms with van der Waals surface area (Å²) in [5.74, 6) is 0. The summed E-state index contributed by atoms with van der Waals surface area (Å²) in [5.41, 5.74) is 1.30. The van der Waals surface area contributed by atoms with Crippen LogP contribution in [0, 0.1) is 13.8 Å². The van der Waals surface area contributed by atoms with Crippen LogP contribution in [0.1, 0.15) is 10.7 Å². The van der Waals surface area contributed by atoms with Crippen molar-refractivity contribution >= 4 is 21.6 Å². The van der Waals surface area contributed by atoms with Crippen LogP contribution in [0.4, 0.5) is 0 Å². The predicted molar refractivity (Wildman–Crippen MR) is 53.2 cm³/mol. The summed E-state index contributed by atoms with van der Waals surface area (Å²) in [6, 6.07) is 3.64. The second-order valence-electron chi connectivity index (χ2n) is 2.84. The molecule has 2 rings (SSSR count). The van der Waals surface area contributed by atoms with Gasteiger partial charge in [0.2, 0.25) is 0 Å². The Morgan fingerprint density at radius 1 is 1.23 bits per heavy atom. The molecule has 66 valence electrons. The lowest BCUT2D eigenvalue weighted by atomic mass is 10.4. The van der Waals surface area contributed by atoms with Gasteiger partial charge in [0, 0.05) is 5.69 Å². The highest BCUT2D eigenvalue weighted by atomic mass is 32.1. The normalized spacial score (nSPS) is 10.6. The molecule has 0 aliphatic rings. The Labute approximate surface area is 79.1 Å². The second-order valence-corrected chi connectivity index (χ2v) is 4.04. The van der Waals surface area contributed by atoms with Crippen LogP contribution >= 0.6 is 11.3 Å². The number of nitrogens with zero attached hydrogens (tertiary/aromatic N) is 2. The van der Waals surface area contributed by atoms with Crippen molar-refractivity contribution in [2.24, 2.45) is 0 Å². The van der Waals surface area contributed by atoms with E-state index in [-0.39, 0.29) is 5.56 Å². The molecule has 2 aromatic heterocycles. The molecule has 4 heteroatoms. The Bertz CT molecular complexity index is 518. The van der Waals surface area contributed by atoms with E-state index in [1.54, 1.807) is 6.92 Å². The van der Waals surface area contributed by atoms with Gasteiger partial charge in [0.15, 0.2) is 0 Å². The molecular weight excluding hydrogens is 184 g/mol. The molecule has 3 nitrogen and oxygen atoms in total. The van der Waals surface area contributed by atoms with E-state index in [0.29, 0.717) is 4.70 Å². The molecule has 0 fully saturated rings. The molecule has 0 saturated carbocycles. The maximum atomic E-state index is 11.5. The molecule has 0 radical (unpaired) electrons. The molecule has 2 heterocycles. The van der Waals surface area contributed by atoms with Crippen molar-refractivity contribution in [2.45, 2.75) is 13.8 Å². The van der Waals surface area contributed by atoms with Gasteiger partial charge in [-0.25, -0.2) is 9.97 Å². The zero-order chi connectivity index (χ0) is 9.42. The van der Waals surface area contributed by atoms with Crippen molar-refractivity contribution in [3.05, 3.63) is 33.2 Å². The number of fused-ring (bicyclic) bond motifs is 1. The molecular formula is C9H8N2OS. The molecule has 0 atom stereocenters. The molecule has 0 aliphatic carbocycles. The van der Waals surface area contributed by atoms with E-state index >= 15 is 0 Å². The minimum Gasteiger partial charge on any atom is -0.266 e. The van der Waals surface area contributed by atoms with Gasteiger partial charge in [0.25, 0.3) is 5.56 Å². The highest BCUT2D eigenvalue weighted by Gasteiger charge is 2.02. The monoisotopic (exact) mass is 192 g/mol. The van der Waals surface area contributed by atoms with Gasteiger partial charge in [-0.2, -0.15) is 0 Å². The highest BCUT2D eigenvalue weighted by Crippen LogP contribution is 2.16. The van der Waals surface area contributed by atoms with Gasteiger partial charge in [0.05, 0.1) is 10.5 Å². The van der Waals surface area contributed by atoms with E-state index in [9.17, 15) is 4.79 Å². The third-order valence-electron chi connectivity index (χ3n) is 1.71. The number of rotatable bonds is 0. The van der Waals surface area contributed by atoms with Gasteiger partial charge in [-0.3, -0.25) is 4.79 Å². The third kappa shape index (κ3) is 1.45. The molecule has 0 amide bonds. The summed E-state index contributed by atoms with van der Waals surface area (Å²) in [6.45, 7) is 3.69. The van der Waals surface area contributed by atoms with Gasteiger partial charge in [0.1, 0.15) is 4.70 Å². The second kappa shape index (κ2) is 2.88. The lowest BCUT2D eigenvalue weighted by molar-refractivity contribution is 1.19. The summed E-state index contributed by atoms with van der Waals surface area (Å²) in [5, 5.41) is 0.901. The van der Waals surface area contributed by atoms with Crippen LogP contribution in [0.3, 0.4) is 0 Å². The fourth-order valence-electron chi connectivity index (χ4n) is 1.16. The topological polar surface area (TPSA) is 42.9 Å². The maximum Gasteiger partial charge on any atom is 0.289 e. The van der Waals surface area contributed by atoms with Gasteiger partial charge >= 0.3 is 0 Å². The minimum atomic E-state index is -0.178. The van der Waals surface area contributed by atoms with Crippen molar-refractivity contribution in [1.29, 1.82) is 0 Å². The first kappa shape index (κ1) is 8.31. The largest absolute Gasteiger partial charge is 0.289 e. The first-order valence-corrected chi connectivity index (χ1v) is 4.73. The summed E-state index contributed by atoms with van der Waals surface area (Å²) in [4.78, 5) is 19.6. The Morgan fingerprint density at radius 2 is 2.00 bits per heavy atom. The van der Waals surface area contributed by atoms with Crippen LogP contribution in [0.15, 0.2) is 16.9 Å². The van der Waals surface area contributed by atoms with Crippen molar-refractivity contribution in [3.8, 4) is 0 Å². The third-order valence-corrected chi connectivity index (χ3v) is 2.69. The Kier molecular flexibility index (Phi) is 1.84. The van der Waals surface area contributed by atoms with Crippen molar-refractivity contribution in [1.82, 2.24) is 9.97 Å². The number of thiazole rings is 1. The van der Waals surface area contributed by atoms with Crippen molar-refractivity contribution in [2.75, 3.05) is 0 Å². The lowest BCUT2D eigenvalue weighted by Gasteiger charge is -1.76. The number of hydrogen-bond donors (Lipinski definition) is 0. The van der Waals surface area contributed by atoms with E-state index in [4.69, 9.17) is 0 Å². The molecule has 0 aromatic carbocycles. The minimum absolute atomic E-state index is 0.178. The van der Waals surface area contributed by atoms with Crippen molar-refractivity contribution < 1.29 is 0 Å². The Balaban J connectivity index is 2.99. The van der Waals surface area contributed by atoms with Crippen LogP contribution in [0.2, 0.25) is 0 Å². The Hall–Kier alpha value is -1.29. The summed E-state index contributed by atoms with van der Waals surface area (Å²) < 4.78 is 0.644. The Morgan fingerprint density at radius 3 is 2.77 bits per heavy atom. The fraction of sp³-hybridized carbons (Fsp3) is 0.222. The lowest BCUT2D eigenvalue weighted by Crippen LogP contribution is -2.00. The van der Waals surface area contributed by atoms with Crippen LogP contribution in [0.5, 0.6) is 0 Å². The first-order valence-electron chi connectivity index (χ1n) is 3.92. The molecule has 0 aliphatic heterocycles. The van der Waals surface area contributed by atoms with Gasteiger partial charge in [-0.15, -0.1) is 11.3 Å². The van der Waals surface area contributed by atoms with E-state index < -0.39 is 0 Å². The molecule has 13 heavy (non-hydrogen) atoms. The van der Waals surface area contributed by atoms with Crippen LogP contribution < -0.4 is 5.56 Å². The number of aryl methyl sites for hydroxylation is 2.